The Balaban J connectivity index is 1.49. The van der Waals surface area contributed by atoms with Crippen LogP contribution in [0.25, 0.3) is 0 Å². The van der Waals surface area contributed by atoms with Crippen LogP contribution in [0, 0.1) is 0 Å². The largest absolute Gasteiger partial charge is 0.497 e. The number of aromatic amines is 1. The van der Waals surface area contributed by atoms with Gasteiger partial charge in [0.05, 0.1) is 7.11 Å². The summed E-state index contributed by atoms with van der Waals surface area (Å²) < 4.78 is 5.20. The fraction of sp³-hybridized carbons (Fsp3) is 0.368. The van der Waals surface area contributed by atoms with Crippen molar-refractivity contribution >= 4 is 11.8 Å². The molecule has 0 radical (unpaired) electrons. The molecule has 2 heterocycles. The molecule has 8 nitrogen and oxygen atoms in total. The lowest BCUT2D eigenvalue weighted by atomic mass is 10.1. The van der Waals surface area contributed by atoms with Gasteiger partial charge in [-0.1, -0.05) is 12.1 Å². The molecule has 0 atom stereocenters. The van der Waals surface area contributed by atoms with Crippen molar-refractivity contribution in [2.45, 2.75) is 12.8 Å². The van der Waals surface area contributed by atoms with E-state index < -0.39 is 0 Å². The van der Waals surface area contributed by atoms with Crippen LogP contribution in [0.5, 0.6) is 5.75 Å². The van der Waals surface area contributed by atoms with Gasteiger partial charge in [0.15, 0.2) is 0 Å². The van der Waals surface area contributed by atoms with E-state index >= 15 is 0 Å². The molecular formula is C19H22N4O4. The monoisotopic (exact) mass is 370 g/mol. The van der Waals surface area contributed by atoms with Crippen molar-refractivity contribution in [1.82, 2.24) is 20.0 Å². The molecule has 1 aliphatic heterocycles. The molecular weight excluding hydrogens is 348 g/mol. The molecule has 27 heavy (non-hydrogen) atoms. The van der Waals surface area contributed by atoms with Crippen LogP contribution < -0.4 is 10.3 Å². The second-order valence-corrected chi connectivity index (χ2v) is 6.33. The average Bonchev–Trinajstić information content (AvgIpc) is 2.72. The fourth-order valence-electron chi connectivity index (χ4n) is 3.02. The van der Waals surface area contributed by atoms with Crippen LogP contribution in [0.4, 0.5) is 0 Å². The standard InChI is InChI=1S/C19H22N4O4/c1-27-15-4-2-3-14(13-15)5-8-18(25)22-9-11-23(12-10-22)19(26)16-6-7-17(24)21-20-16/h2-4,6-7,13H,5,8-12H2,1H3,(H,21,24). The number of ether oxygens (including phenoxy) is 1. The van der Waals surface area contributed by atoms with Gasteiger partial charge in [0, 0.05) is 38.7 Å². The summed E-state index contributed by atoms with van der Waals surface area (Å²) in [6, 6.07) is 10.4. The van der Waals surface area contributed by atoms with E-state index in [9.17, 15) is 14.4 Å². The molecule has 1 aromatic heterocycles. The van der Waals surface area contributed by atoms with Gasteiger partial charge in [0.1, 0.15) is 11.4 Å². The van der Waals surface area contributed by atoms with Gasteiger partial charge in [-0.25, -0.2) is 5.10 Å². The van der Waals surface area contributed by atoms with Crippen molar-refractivity contribution in [2.75, 3.05) is 33.3 Å². The molecule has 0 spiro atoms. The molecule has 0 aliphatic carbocycles. The first-order valence-electron chi connectivity index (χ1n) is 8.82. The number of carbonyl (C=O) groups is 2. The highest BCUT2D eigenvalue weighted by molar-refractivity contribution is 5.92. The highest BCUT2D eigenvalue weighted by Gasteiger charge is 2.25. The molecule has 0 saturated carbocycles. The second kappa shape index (κ2) is 8.48. The quantitative estimate of drug-likeness (QED) is 0.836. The van der Waals surface area contributed by atoms with E-state index in [1.165, 1.54) is 12.1 Å². The van der Waals surface area contributed by atoms with Crippen molar-refractivity contribution in [2.24, 2.45) is 0 Å². The summed E-state index contributed by atoms with van der Waals surface area (Å²) >= 11 is 0. The Morgan fingerprint density at radius 1 is 1.11 bits per heavy atom. The van der Waals surface area contributed by atoms with Gasteiger partial charge in [-0.15, -0.1) is 0 Å². The van der Waals surface area contributed by atoms with Gasteiger partial charge in [0.2, 0.25) is 5.91 Å². The number of carbonyl (C=O) groups excluding carboxylic acids is 2. The molecule has 2 amide bonds. The summed E-state index contributed by atoms with van der Waals surface area (Å²) in [7, 11) is 1.62. The first kappa shape index (κ1) is 18.6. The second-order valence-electron chi connectivity index (χ2n) is 6.33. The molecule has 8 heteroatoms. The van der Waals surface area contributed by atoms with Crippen LogP contribution in [0.3, 0.4) is 0 Å². The number of aromatic nitrogens is 2. The average molecular weight is 370 g/mol. The SMILES string of the molecule is COc1cccc(CCC(=O)N2CCN(C(=O)c3ccc(=O)[nH]n3)CC2)c1. The highest BCUT2D eigenvalue weighted by Crippen LogP contribution is 2.15. The lowest BCUT2D eigenvalue weighted by molar-refractivity contribution is -0.132. The zero-order valence-corrected chi connectivity index (χ0v) is 15.2. The Morgan fingerprint density at radius 2 is 1.85 bits per heavy atom. The number of hydrogen-bond acceptors (Lipinski definition) is 5. The first-order valence-corrected chi connectivity index (χ1v) is 8.82. The molecule has 142 valence electrons. The zero-order valence-electron chi connectivity index (χ0n) is 15.2. The summed E-state index contributed by atoms with van der Waals surface area (Å²) in [6.07, 6.45) is 1.07. The summed E-state index contributed by atoms with van der Waals surface area (Å²) in [4.78, 5) is 39.3. The molecule has 1 aromatic carbocycles. The summed E-state index contributed by atoms with van der Waals surface area (Å²) in [5.74, 6) is 0.616. The summed E-state index contributed by atoms with van der Waals surface area (Å²) in [5.41, 5.74) is 0.908. The van der Waals surface area contributed by atoms with Crippen LogP contribution in [0.2, 0.25) is 0 Å². The van der Waals surface area contributed by atoms with Gasteiger partial charge >= 0.3 is 0 Å². The van der Waals surface area contributed by atoms with E-state index in [0.717, 1.165) is 11.3 Å². The van der Waals surface area contributed by atoms with Crippen LogP contribution in [0.1, 0.15) is 22.5 Å². The minimum absolute atomic E-state index is 0.0760. The van der Waals surface area contributed by atoms with E-state index in [0.29, 0.717) is 39.0 Å². The lowest BCUT2D eigenvalue weighted by Gasteiger charge is -2.34. The van der Waals surface area contributed by atoms with E-state index in [-0.39, 0.29) is 23.1 Å². The van der Waals surface area contributed by atoms with Crippen molar-refractivity contribution in [3.8, 4) is 5.75 Å². The van der Waals surface area contributed by atoms with Crippen molar-refractivity contribution < 1.29 is 14.3 Å². The third-order valence-corrected chi connectivity index (χ3v) is 4.58. The Morgan fingerprint density at radius 3 is 2.52 bits per heavy atom. The Kier molecular flexibility index (Phi) is 5.85. The number of nitrogens with zero attached hydrogens (tertiary/aromatic N) is 3. The normalized spacial score (nSPS) is 14.1. The molecule has 2 aromatic rings. The van der Waals surface area contributed by atoms with Crippen LogP contribution >= 0.6 is 0 Å². The van der Waals surface area contributed by atoms with E-state index in [1.54, 1.807) is 16.9 Å². The third kappa shape index (κ3) is 4.72. The van der Waals surface area contributed by atoms with Gasteiger partial charge in [0.25, 0.3) is 11.5 Å². The molecule has 0 bridgehead atoms. The van der Waals surface area contributed by atoms with Crippen LogP contribution in [-0.2, 0) is 11.2 Å². The first-order chi connectivity index (χ1) is 13.1. The number of hydrogen-bond donors (Lipinski definition) is 1. The topological polar surface area (TPSA) is 95.6 Å². The molecule has 3 rings (SSSR count). The maximum atomic E-state index is 12.4. The molecule has 1 fully saturated rings. The zero-order chi connectivity index (χ0) is 19.2. The van der Waals surface area contributed by atoms with Crippen molar-refractivity contribution in [3.63, 3.8) is 0 Å². The lowest BCUT2D eigenvalue weighted by Crippen LogP contribution is -2.50. The molecule has 0 unspecified atom stereocenters. The Hall–Kier alpha value is -3.16. The molecule has 1 N–H and O–H groups in total. The fourth-order valence-corrected chi connectivity index (χ4v) is 3.02. The number of amides is 2. The van der Waals surface area contributed by atoms with Crippen molar-refractivity contribution in [3.05, 3.63) is 58.0 Å². The maximum Gasteiger partial charge on any atom is 0.274 e. The van der Waals surface area contributed by atoms with Crippen LogP contribution in [-0.4, -0.2) is 65.1 Å². The van der Waals surface area contributed by atoms with Gasteiger partial charge in [-0.2, -0.15) is 5.10 Å². The highest BCUT2D eigenvalue weighted by atomic mass is 16.5. The Bertz CT molecular complexity index is 852. The molecule has 1 saturated heterocycles. The number of rotatable bonds is 5. The molecule has 1 aliphatic rings. The smallest absolute Gasteiger partial charge is 0.274 e. The van der Waals surface area contributed by atoms with Gasteiger partial charge < -0.3 is 14.5 Å². The number of H-pyrrole nitrogens is 1. The van der Waals surface area contributed by atoms with E-state index in [1.807, 2.05) is 24.3 Å². The van der Waals surface area contributed by atoms with E-state index in [4.69, 9.17) is 4.74 Å². The predicted octanol–water partition coefficient (Wildman–Crippen LogP) is 0.696. The number of nitrogens with one attached hydrogen (secondary N) is 1. The predicted molar refractivity (Wildman–Crippen MR) is 98.7 cm³/mol. The van der Waals surface area contributed by atoms with Crippen molar-refractivity contribution in [1.29, 1.82) is 0 Å². The van der Waals surface area contributed by atoms with Crippen LogP contribution in [0.15, 0.2) is 41.2 Å². The minimum Gasteiger partial charge on any atom is -0.497 e. The summed E-state index contributed by atoms with van der Waals surface area (Å²) in [6.45, 7) is 1.88. The number of methoxy groups -OCH3 is 1. The number of aryl methyl sites for hydroxylation is 1. The number of piperazine rings is 1. The Labute approximate surface area is 156 Å². The van der Waals surface area contributed by atoms with E-state index in [2.05, 4.69) is 10.2 Å². The maximum absolute atomic E-state index is 12.4. The number of benzene rings is 1. The van der Waals surface area contributed by atoms with Gasteiger partial charge in [-0.3, -0.25) is 14.4 Å². The van der Waals surface area contributed by atoms with Gasteiger partial charge in [-0.05, 0) is 30.2 Å². The summed E-state index contributed by atoms with van der Waals surface area (Å²) in [5, 5.41) is 6.03. The third-order valence-electron chi connectivity index (χ3n) is 4.58. The minimum atomic E-state index is -0.349.